The molecule has 0 fully saturated rings. The number of nitrogens with one attached hydrogen (secondary N) is 1. The molecule has 0 atom stereocenters. The summed E-state index contributed by atoms with van der Waals surface area (Å²) < 4.78 is 0. The van der Waals surface area contributed by atoms with Crippen molar-refractivity contribution in [2.45, 2.75) is 19.8 Å². The normalized spacial score (nSPS) is 13.6. The number of aryl methyl sites for hydroxylation is 1. The first-order chi connectivity index (χ1) is 10.7. The van der Waals surface area contributed by atoms with Crippen LogP contribution in [0.25, 0.3) is 0 Å². The zero-order chi connectivity index (χ0) is 15.4. The SMILES string of the molecule is Cc1cccc(CC(=O)Cc2cccc(C3=NCCN3)c2)c1. The fourth-order valence-electron chi connectivity index (χ4n) is 2.76. The molecule has 0 radical (unpaired) electrons. The molecule has 1 N–H and O–H groups in total. The van der Waals surface area contributed by atoms with E-state index in [0.717, 1.165) is 35.6 Å². The van der Waals surface area contributed by atoms with Crippen molar-refractivity contribution < 1.29 is 4.79 Å². The summed E-state index contributed by atoms with van der Waals surface area (Å²) in [6, 6.07) is 16.2. The second-order valence-corrected chi connectivity index (χ2v) is 5.74. The molecule has 3 heteroatoms. The molecule has 0 saturated heterocycles. The average Bonchev–Trinajstić information content (AvgIpc) is 3.01. The van der Waals surface area contributed by atoms with Crippen molar-refractivity contribution in [1.29, 1.82) is 0 Å². The van der Waals surface area contributed by atoms with Crippen LogP contribution in [0.4, 0.5) is 0 Å². The highest BCUT2D eigenvalue weighted by molar-refractivity contribution is 6.00. The number of ketones is 1. The molecule has 0 aliphatic carbocycles. The van der Waals surface area contributed by atoms with E-state index in [4.69, 9.17) is 0 Å². The van der Waals surface area contributed by atoms with Crippen LogP contribution in [-0.2, 0) is 17.6 Å². The molecular weight excluding hydrogens is 272 g/mol. The molecule has 1 aliphatic rings. The van der Waals surface area contributed by atoms with E-state index >= 15 is 0 Å². The topological polar surface area (TPSA) is 41.5 Å². The van der Waals surface area contributed by atoms with E-state index in [1.807, 2.05) is 43.3 Å². The van der Waals surface area contributed by atoms with Gasteiger partial charge in [-0.3, -0.25) is 9.79 Å². The lowest BCUT2D eigenvalue weighted by molar-refractivity contribution is -0.117. The van der Waals surface area contributed by atoms with Crippen LogP contribution < -0.4 is 5.32 Å². The number of nitrogens with zero attached hydrogens (tertiary/aromatic N) is 1. The third kappa shape index (κ3) is 3.61. The Morgan fingerprint density at radius 1 is 1.09 bits per heavy atom. The van der Waals surface area contributed by atoms with Gasteiger partial charge in [0.2, 0.25) is 0 Å². The van der Waals surface area contributed by atoms with Crippen molar-refractivity contribution in [2.75, 3.05) is 13.1 Å². The molecule has 22 heavy (non-hydrogen) atoms. The minimum atomic E-state index is 0.240. The maximum Gasteiger partial charge on any atom is 0.141 e. The van der Waals surface area contributed by atoms with Gasteiger partial charge in [-0.25, -0.2) is 0 Å². The van der Waals surface area contributed by atoms with Crippen LogP contribution in [0.1, 0.15) is 22.3 Å². The van der Waals surface area contributed by atoms with Crippen LogP contribution in [0.2, 0.25) is 0 Å². The van der Waals surface area contributed by atoms with Gasteiger partial charge in [-0.2, -0.15) is 0 Å². The number of Topliss-reactive ketones (excluding diaryl/α,β-unsaturated/α-hetero) is 1. The molecule has 0 saturated carbocycles. The van der Waals surface area contributed by atoms with Gasteiger partial charge in [-0.05, 0) is 24.1 Å². The Morgan fingerprint density at radius 3 is 2.50 bits per heavy atom. The van der Waals surface area contributed by atoms with E-state index in [1.54, 1.807) is 0 Å². The second-order valence-electron chi connectivity index (χ2n) is 5.74. The van der Waals surface area contributed by atoms with E-state index in [-0.39, 0.29) is 5.78 Å². The number of carbonyl (C=O) groups is 1. The maximum atomic E-state index is 12.3. The fraction of sp³-hybridized carbons (Fsp3) is 0.263. The zero-order valence-electron chi connectivity index (χ0n) is 12.8. The smallest absolute Gasteiger partial charge is 0.141 e. The number of benzene rings is 2. The Labute approximate surface area is 131 Å². The summed E-state index contributed by atoms with van der Waals surface area (Å²) in [5.41, 5.74) is 4.39. The minimum absolute atomic E-state index is 0.240. The van der Waals surface area contributed by atoms with Gasteiger partial charge in [0.15, 0.2) is 0 Å². The van der Waals surface area contributed by atoms with Gasteiger partial charge in [0.1, 0.15) is 11.6 Å². The molecule has 0 unspecified atom stereocenters. The highest BCUT2D eigenvalue weighted by Crippen LogP contribution is 2.11. The summed E-state index contributed by atoms with van der Waals surface area (Å²) in [5.74, 6) is 1.18. The van der Waals surface area contributed by atoms with E-state index in [0.29, 0.717) is 12.8 Å². The van der Waals surface area contributed by atoms with Crippen LogP contribution in [0.15, 0.2) is 53.5 Å². The van der Waals surface area contributed by atoms with Gasteiger partial charge in [0.25, 0.3) is 0 Å². The Bertz CT molecular complexity index is 719. The lowest BCUT2D eigenvalue weighted by atomic mass is 10.00. The lowest BCUT2D eigenvalue weighted by Gasteiger charge is -2.06. The molecule has 3 rings (SSSR count). The van der Waals surface area contributed by atoms with Crippen molar-refractivity contribution >= 4 is 11.6 Å². The molecule has 1 aliphatic heterocycles. The van der Waals surface area contributed by atoms with E-state index in [2.05, 4.69) is 22.4 Å². The highest BCUT2D eigenvalue weighted by Gasteiger charge is 2.10. The van der Waals surface area contributed by atoms with E-state index < -0.39 is 0 Å². The summed E-state index contributed by atoms with van der Waals surface area (Å²) >= 11 is 0. The summed E-state index contributed by atoms with van der Waals surface area (Å²) in [5, 5.41) is 3.26. The van der Waals surface area contributed by atoms with Crippen LogP contribution >= 0.6 is 0 Å². The molecule has 112 valence electrons. The van der Waals surface area contributed by atoms with E-state index in [1.165, 1.54) is 5.56 Å². The molecular formula is C19H20N2O. The number of hydrogen-bond acceptors (Lipinski definition) is 3. The molecule has 0 spiro atoms. The molecule has 0 aromatic heterocycles. The summed E-state index contributed by atoms with van der Waals surface area (Å²) in [6.45, 7) is 3.77. The van der Waals surface area contributed by atoms with Crippen molar-refractivity contribution in [2.24, 2.45) is 4.99 Å². The number of rotatable bonds is 5. The monoisotopic (exact) mass is 292 g/mol. The van der Waals surface area contributed by atoms with E-state index in [9.17, 15) is 4.79 Å². The zero-order valence-corrected chi connectivity index (χ0v) is 12.8. The standard InChI is InChI=1S/C19H20N2O/c1-14-4-2-5-15(10-14)12-18(22)13-16-6-3-7-17(11-16)19-20-8-9-21-19/h2-7,10-11H,8-9,12-13H2,1H3,(H,20,21). The highest BCUT2D eigenvalue weighted by atomic mass is 16.1. The predicted molar refractivity (Wildman–Crippen MR) is 89.4 cm³/mol. The first-order valence-corrected chi connectivity index (χ1v) is 7.65. The average molecular weight is 292 g/mol. The van der Waals surface area contributed by atoms with Crippen LogP contribution in [-0.4, -0.2) is 24.7 Å². The Hall–Kier alpha value is -2.42. The van der Waals surface area contributed by atoms with Crippen molar-refractivity contribution in [1.82, 2.24) is 5.32 Å². The summed E-state index contributed by atoms with van der Waals surface area (Å²) in [6.07, 6.45) is 0.958. The molecule has 0 amide bonds. The van der Waals surface area contributed by atoms with Gasteiger partial charge in [0.05, 0.1) is 6.54 Å². The third-order valence-electron chi connectivity index (χ3n) is 3.76. The first-order valence-electron chi connectivity index (χ1n) is 7.65. The predicted octanol–water partition coefficient (Wildman–Crippen LogP) is 2.70. The number of aliphatic imine (C=N–C) groups is 1. The number of hydrogen-bond donors (Lipinski definition) is 1. The number of amidine groups is 1. The quantitative estimate of drug-likeness (QED) is 0.920. The van der Waals surface area contributed by atoms with Crippen molar-refractivity contribution in [3.63, 3.8) is 0 Å². The third-order valence-corrected chi connectivity index (χ3v) is 3.76. The molecule has 0 bridgehead atoms. The molecule has 2 aromatic rings. The van der Waals surface area contributed by atoms with Crippen molar-refractivity contribution in [3.8, 4) is 0 Å². The van der Waals surface area contributed by atoms with Crippen LogP contribution in [0.3, 0.4) is 0 Å². The van der Waals surface area contributed by atoms with Gasteiger partial charge in [-0.1, -0.05) is 48.0 Å². The van der Waals surface area contributed by atoms with Crippen LogP contribution in [0, 0.1) is 6.92 Å². The van der Waals surface area contributed by atoms with Gasteiger partial charge in [0, 0.05) is 24.9 Å². The Kier molecular flexibility index (Phi) is 4.33. The molecule has 3 nitrogen and oxygen atoms in total. The second kappa shape index (κ2) is 6.56. The minimum Gasteiger partial charge on any atom is -0.368 e. The summed E-state index contributed by atoms with van der Waals surface area (Å²) in [4.78, 5) is 16.7. The number of carbonyl (C=O) groups excluding carboxylic acids is 1. The van der Waals surface area contributed by atoms with Crippen molar-refractivity contribution in [3.05, 3.63) is 70.8 Å². The largest absolute Gasteiger partial charge is 0.368 e. The molecule has 2 aromatic carbocycles. The first kappa shape index (κ1) is 14.5. The maximum absolute atomic E-state index is 12.3. The van der Waals surface area contributed by atoms with Crippen LogP contribution in [0.5, 0.6) is 0 Å². The van der Waals surface area contributed by atoms with Gasteiger partial charge < -0.3 is 5.32 Å². The molecule has 1 heterocycles. The van der Waals surface area contributed by atoms with Gasteiger partial charge in [-0.15, -0.1) is 0 Å². The lowest BCUT2D eigenvalue weighted by Crippen LogP contribution is -2.19. The summed E-state index contributed by atoms with van der Waals surface area (Å²) in [7, 11) is 0. The fourth-order valence-corrected chi connectivity index (χ4v) is 2.76. The Balaban J connectivity index is 1.67. The Morgan fingerprint density at radius 2 is 1.82 bits per heavy atom. The van der Waals surface area contributed by atoms with Gasteiger partial charge >= 0.3 is 0 Å².